The van der Waals surface area contributed by atoms with Gasteiger partial charge in [0.2, 0.25) is 5.91 Å². The first-order valence-corrected chi connectivity index (χ1v) is 8.51. The maximum Gasteiger partial charge on any atom is 0.307 e. The fraction of sp³-hybridized carbons (Fsp3) is 0.562. The van der Waals surface area contributed by atoms with Crippen LogP contribution in [0.1, 0.15) is 48.1 Å². The summed E-state index contributed by atoms with van der Waals surface area (Å²) in [5.41, 5.74) is 1.65. The molecule has 1 aromatic heterocycles. The van der Waals surface area contributed by atoms with Gasteiger partial charge in [-0.1, -0.05) is 12.8 Å². The predicted octanol–water partition coefficient (Wildman–Crippen LogP) is 2.94. The van der Waals surface area contributed by atoms with E-state index in [-0.39, 0.29) is 5.91 Å². The van der Waals surface area contributed by atoms with Gasteiger partial charge in [-0.15, -0.1) is 11.3 Å². The van der Waals surface area contributed by atoms with E-state index in [1.807, 2.05) is 0 Å². The molecular formula is C16H18N2O3S. The molecule has 2 aliphatic rings. The minimum absolute atomic E-state index is 0.247. The highest BCUT2D eigenvalue weighted by Gasteiger charge is 2.36. The van der Waals surface area contributed by atoms with Gasteiger partial charge >= 0.3 is 5.97 Å². The van der Waals surface area contributed by atoms with Crippen molar-refractivity contribution in [3.05, 3.63) is 16.0 Å². The first kappa shape index (κ1) is 15.0. The number of nitrogens with one attached hydrogen (secondary N) is 1. The molecular weight excluding hydrogens is 300 g/mol. The second-order valence-electron chi connectivity index (χ2n) is 6.00. The molecule has 2 atom stereocenters. The predicted molar refractivity (Wildman–Crippen MR) is 82.8 cm³/mol. The second kappa shape index (κ2) is 6.09. The van der Waals surface area contributed by atoms with Gasteiger partial charge in [-0.3, -0.25) is 9.59 Å². The molecule has 1 aromatic rings. The summed E-state index contributed by atoms with van der Waals surface area (Å²) in [6.45, 7) is 0. The zero-order valence-electron chi connectivity index (χ0n) is 12.2. The van der Waals surface area contributed by atoms with Crippen molar-refractivity contribution in [3.8, 4) is 6.07 Å². The Morgan fingerprint density at radius 2 is 1.91 bits per heavy atom. The number of amides is 1. The highest BCUT2D eigenvalue weighted by atomic mass is 32.1. The van der Waals surface area contributed by atoms with E-state index in [2.05, 4.69) is 11.4 Å². The molecule has 1 fully saturated rings. The van der Waals surface area contributed by atoms with Gasteiger partial charge in [-0.25, -0.2) is 0 Å². The van der Waals surface area contributed by atoms with Crippen LogP contribution in [0.15, 0.2) is 0 Å². The Labute approximate surface area is 132 Å². The Bertz CT molecular complexity index is 659. The molecule has 6 heteroatoms. The lowest BCUT2D eigenvalue weighted by Crippen LogP contribution is -2.36. The van der Waals surface area contributed by atoms with E-state index in [9.17, 15) is 20.0 Å². The number of hydrogen-bond donors (Lipinski definition) is 2. The fourth-order valence-corrected chi connectivity index (χ4v) is 4.80. The number of carbonyl (C=O) groups is 2. The van der Waals surface area contributed by atoms with Crippen LogP contribution in [0, 0.1) is 23.2 Å². The molecule has 1 amide bonds. The number of fused-ring (bicyclic) bond motifs is 1. The molecule has 116 valence electrons. The number of anilines is 1. The van der Waals surface area contributed by atoms with Crippen molar-refractivity contribution in [2.75, 3.05) is 5.32 Å². The molecule has 0 bridgehead atoms. The van der Waals surface area contributed by atoms with Crippen LogP contribution < -0.4 is 5.32 Å². The second-order valence-corrected chi connectivity index (χ2v) is 7.10. The number of carbonyl (C=O) groups excluding carboxylic acids is 1. The Morgan fingerprint density at radius 1 is 1.18 bits per heavy atom. The zero-order valence-corrected chi connectivity index (χ0v) is 13.0. The molecule has 0 radical (unpaired) electrons. The number of aryl methyl sites for hydroxylation is 1. The molecule has 1 heterocycles. The highest BCUT2D eigenvalue weighted by Crippen LogP contribution is 2.39. The van der Waals surface area contributed by atoms with Gasteiger partial charge in [0.1, 0.15) is 11.1 Å². The third-order valence-electron chi connectivity index (χ3n) is 4.69. The first-order valence-electron chi connectivity index (χ1n) is 7.70. The first-order chi connectivity index (χ1) is 10.6. The molecule has 0 unspecified atom stereocenters. The van der Waals surface area contributed by atoms with Crippen molar-refractivity contribution >= 4 is 28.2 Å². The lowest BCUT2D eigenvalue weighted by Gasteiger charge is -2.27. The molecule has 22 heavy (non-hydrogen) atoms. The topological polar surface area (TPSA) is 90.2 Å². The molecule has 2 aliphatic carbocycles. The van der Waals surface area contributed by atoms with Gasteiger partial charge < -0.3 is 10.4 Å². The standard InChI is InChI=1S/C16H18N2O3S/c17-8-12-9-6-3-7-13(9)22-15(12)18-14(19)10-4-1-2-5-11(10)16(20)21/h10-11H,1-7H2,(H,18,19)(H,20,21)/t10-,11-/m0/s1. The molecule has 5 nitrogen and oxygen atoms in total. The van der Waals surface area contributed by atoms with E-state index in [4.69, 9.17) is 0 Å². The summed E-state index contributed by atoms with van der Waals surface area (Å²) in [6, 6.07) is 2.20. The van der Waals surface area contributed by atoms with Crippen LogP contribution in [0.2, 0.25) is 0 Å². The lowest BCUT2D eigenvalue weighted by molar-refractivity contribution is -0.147. The quantitative estimate of drug-likeness (QED) is 0.896. The van der Waals surface area contributed by atoms with Gasteiger partial charge in [0.05, 0.1) is 17.4 Å². The van der Waals surface area contributed by atoms with Crippen LogP contribution in [-0.4, -0.2) is 17.0 Å². The summed E-state index contributed by atoms with van der Waals surface area (Å²) in [5.74, 6) is -2.24. The fourth-order valence-electron chi connectivity index (χ4n) is 3.56. The van der Waals surface area contributed by atoms with E-state index >= 15 is 0 Å². The average molecular weight is 318 g/mol. The number of carboxylic acid groups (broad SMARTS) is 1. The lowest BCUT2D eigenvalue weighted by atomic mass is 9.79. The molecule has 2 N–H and O–H groups in total. The van der Waals surface area contributed by atoms with E-state index in [0.717, 1.165) is 37.7 Å². The summed E-state index contributed by atoms with van der Waals surface area (Å²) in [6.07, 6.45) is 5.83. The van der Waals surface area contributed by atoms with Gasteiger partial charge in [0.15, 0.2) is 0 Å². The summed E-state index contributed by atoms with van der Waals surface area (Å²) in [5, 5.41) is 22.1. The number of thiophene rings is 1. The third kappa shape index (κ3) is 2.61. The van der Waals surface area contributed by atoms with Gasteiger partial charge in [-0.2, -0.15) is 5.26 Å². The molecule has 1 saturated carbocycles. The average Bonchev–Trinajstić information content (AvgIpc) is 3.07. The van der Waals surface area contributed by atoms with Gasteiger partial charge in [-0.05, 0) is 37.7 Å². The Kier molecular flexibility index (Phi) is 4.16. The van der Waals surface area contributed by atoms with Crippen molar-refractivity contribution < 1.29 is 14.7 Å². The normalized spacial score (nSPS) is 23.6. The maximum atomic E-state index is 12.5. The largest absolute Gasteiger partial charge is 0.481 e. The van der Waals surface area contributed by atoms with Crippen molar-refractivity contribution in [2.24, 2.45) is 11.8 Å². The van der Waals surface area contributed by atoms with E-state index < -0.39 is 17.8 Å². The maximum absolute atomic E-state index is 12.5. The third-order valence-corrected chi connectivity index (χ3v) is 5.90. The monoisotopic (exact) mass is 318 g/mol. The van der Waals surface area contributed by atoms with Crippen LogP contribution in [0.5, 0.6) is 0 Å². The van der Waals surface area contributed by atoms with E-state index in [1.54, 1.807) is 0 Å². The van der Waals surface area contributed by atoms with Crippen molar-refractivity contribution in [3.63, 3.8) is 0 Å². The van der Waals surface area contributed by atoms with Crippen molar-refractivity contribution in [2.45, 2.75) is 44.9 Å². The van der Waals surface area contributed by atoms with Crippen LogP contribution in [0.25, 0.3) is 0 Å². The number of nitrogens with zero attached hydrogens (tertiary/aromatic N) is 1. The number of carboxylic acids is 1. The van der Waals surface area contributed by atoms with Crippen LogP contribution in [-0.2, 0) is 22.4 Å². The number of hydrogen-bond acceptors (Lipinski definition) is 4. The van der Waals surface area contributed by atoms with Crippen LogP contribution >= 0.6 is 11.3 Å². The van der Waals surface area contributed by atoms with Crippen molar-refractivity contribution in [1.82, 2.24) is 0 Å². The smallest absolute Gasteiger partial charge is 0.307 e. The minimum Gasteiger partial charge on any atom is -0.481 e. The number of aliphatic carboxylic acids is 1. The van der Waals surface area contributed by atoms with E-state index in [1.165, 1.54) is 16.2 Å². The van der Waals surface area contributed by atoms with Gasteiger partial charge in [0, 0.05) is 4.88 Å². The van der Waals surface area contributed by atoms with E-state index in [0.29, 0.717) is 23.4 Å². The highest BCUT2D eigenvalue weighted by molar-refractivity contribution is 7.16. The van der Waals surface area contributed by atoms with Crippen LogP contribution in [0.3, 0.4) is 0 Å². The SMILES string of the molecule is N#Cc1c(NC(=O)[C@H]2CCCC[C@@H]2C(=O)O)sc2c1CCC2. The number of nitriles is 1. The molecule has 0 saturated heterocycles. The van der Waals surface area contributed by atoms with Crippen molar-refractivity contribution in [1.29, 1.82) is 5.26 Å². The minimum atomic E-state index is -0.894. The molecule has 0 aliphatic heterocycles. The Balaban J connectivity index is 1.80. The summed E-state index contributed by atoms with van der Waals surface area (Å²) >= 11 is 1.47. The molecule has 0 aromatic carbocycles. The Morgan fingerprint density at radius 3 is 2.59 bits per heavy atom. The Hall–Kier alpha value is -1.87. The molecule has 0 spiro atoms. The summed E-state index contributed by atoms with van der Waals surface area (Å²) in [7, 11) is 0. The van der Waals surface area contributed by atoms with Gasteiger partial charge in [0.25, 0.3) is 0 Å². The summed E-state index contributed by atoms with van der Waals surface area (Å²) < 4.78 is 0. The molecule has 3 rings (SSSR count). The summed E-state index contributed by atoms with van der Waals surface area (Å²) in [4.78, 5) is 25.0. The number of rotatable bonds is 3. The zero-order chi connectivity index (χ0) is 15.7. The van der Waals surface area contributed by atoms with Crippen LogP contribution in [0.4, 0.5) is 5.00 Å².